The number of hydrogen-bond acceptors (Lipinski definition) is 5. The molecule has 1 aliphatic heterocycles. The first-order valence-corrected chi connectivity index (χ1v) is 8.34. The first kappa shape index (κ1) is 18.6. The molecule has 1 saturated heterocycles. The average molecular weight is 401 g/mol. The second-order valence-corrected chi connectivity index (χ2v) is 6.35. The molecule has 0 aliphatic carbocycles. The van der Waals surface area contributed by atoms with E-state index in [1.54, 1.807) is 0 Å². The van der Waals surface area contributed by atoms with Crippen LogP contribution in [0.5, 0.6) is 0 Å². The first-order valence-electron chi connectivity index (χ1n) is 7.59. The maximum absolute atomic E-state index is 12.7. The molecule has 0 unspecified atom stereocenters. The Morgan fingerprint density at radius 3 is 2.41 bits per heavy atom. The third-order valence-corrected chi connectivity index (χ3v) is 4.22. The van der Waals surface area contributed by atoms with Gasteiger partial charge in [0.1, 0.15) is 6.07 Å². The molecular weight excluding hydrogens is 391 g/mol. The fourth-order valence-corrected chi connectivity index (χ4v) is 2.71. The van der Waals surface area contributed by atoms with Crippen molar-refractivity contribution in [3.63, 3.8) is 0 Å². The molecule has 2 aromatic carbocycles. The van der Waals surface area contributed by atoms with Crippen LogP contribution in [0.4, 0.5) is 16.2 Å². The van der Waals surface area contributed by atoms with Gasteiger partial charge in [0.2, 0.25) is 5.91 Å². The van der Waals surface area contributed by atoms with Gasteiger partial charge in [0, 0.05) is 16.3 Å². The summed E-state index contributed by atoms with van der Waals surface area (Å²) in [5.41, 5.74) is 0.693. The lowest BCUT2D eigenvalue weighted by Crippen LogP contribution is -2.58. The topological polar surface area (TPSA) is 103 Å². The van der Waals surface area contributed by atoms with Crippen LogP contribution in [0, 0.1) is 17.2 Å². The zero-order chi connectivity index (χ0) is 19.6. The maximum atomic E-state index is 12.7. The van der Waals surface area contributed by atoms with Crippen molar-refractivity contribution in [2.45, 2.75) is 0 Å². The van der Waals surface area contributed by atoms with Crippen LogP contribution in [0.2, 0.25) is 10.0 Å². The van der Waals surface area contributed by atoms with Crippen LogP contribution >= 0.6 is 23.2 Å². The predicted octanol–water partition coefficient (Wildman–Crippen LogP) is 3.47. The number of aliphatic imine (C=N–C) groups is 1. The summed E-state index contributed by atoms with van der Waals surface area (Å²) in [7, 11) is 0. The molecule has 3 rings (SSSR count). The smallest absolute Gasteiger partial charge is 0.276 e. The van der Waals surface area contributed by atoms with E-state index in [1.165, 1.54) is 42.5 Å². The molecular formula is C18H10Cl2N4O3. The number of amides is 4. The molecule has 0 aromatic heterocycles. The van der Waals surface area contributed by atoms with E-state index in [1.807, 2.05) is 6.07 Å². The lowest BCUT2D eigenvalue weighted by molar-refractivity contribution is -0.131. The molecule has 1 fully saturated rings. The highest BCUT2D eigenvalue weighted by atomic mass is 35.5. The summed E-state index contributed by atoms with van der Waals surface area (Å²) in [6.45, 7) is 0. The first-order chi connectivity index (χ1) is 12.9. The van der Waals surface area contributed by atoms with E-state index in [2.05, 4.69) is 10.3 Å². The number of rotatable bonds is 3. The Bertz CT molecular complexity index is 1010. The highest BCUT2D eigenvalue weighted by Gasteiger charge is 2.40. The maximum Gasteiger partial charge on any atom is 0.335 e. The average Bonchev–Trinajstić information content (AvgIpc) is 2.63. The van der Waals surface area contributed by atoms with Crippen molar-refractivity contribution in [2.24, 2.45) is 10.9 Å². The summed E-state index contributed by atoms with van der Waals surface area (Å²) in [5, 5.41) is 12.0. The number of carbonyl (C=O) groups excluding carboxylic acids is 3. The minimum absolute atomic E-state index is 0.209. The quantitative estimate of drug-likeness (QED) is 0.628. The van der Waals surface area contributed by atoms with Crippen molar-refractivity contribution < 1.29 is 14.4 Å². The summed E-state index contributed by atoms with van der Waals surface area (Å²) in [5.74, 6) is -2.92. The number of imide groups is 2. The monoisotopic (exact) mass is 400 g/mol. The minimum Gasteiger partial charge on any atom is -0.276 e. The number of anilines is 1. The van der Waals surface area contributed by atoms with Crippen LogP contribution in [0.1, 0.15) is 5.56 Å². The van der Waals surface area contributed by atoms with Crippen molar-refractivity contribution in [3.8, 4) is 6.07 Å². The number of halogens is 2. The van der Waals surface area contributed by atoms with E-state index in [9.17, 15) is 14.4 Å². The third-order valence-electron chi connectivity index (χ3n) is 3.73. The number of benzene rings is 2. The van der Waals surface area contributed by atoms with E-state index in [4.69, 9.17) is 28.5 Å². The summed E-state index contributed by atoms with van der Waals surface area (Å²) < 4.78 is 0. The molecule has 27 heavy (non-hydrogen) atoms. The lowest BCUT2D eigenvalue weighted by atomic mass is 10.1. The van der Waals surface area contributed by atoms with Crippen LogP contribution < -0.4 is 10.2 Å². The number of barbiturate groups is 1. The van der Waals surface area contributed by atoms with Crippen molar-refractivity contribution in [1.29, 1.82) is 5.26 Å². The van der Waals surface area contributed by atoms with Crippen LogP contribution in [0.25, 0.3) is 0 Å². The molecule has 0 spiro atoms. The zero-order valence-corrected chi connectivity index (χ0v) is 15.0. The van der Waals surface area contributed by atoms with Crippen LogP contribution in [-0.2, 0) is 9.59 Å². The molecule has 1 atom stereocenters. The molecule has 134 valence electrons. The molecule has 0 saturated carbocycles. The Labute approximate surface area is 163 Å². The second-order valence-electron chi connectivity index (χ2n) is 5.47. The van der Waals surface area contributed by atoms with Gasteiger partial charge in [-0.15, -0.1) is 0 Å². The standard InChI is InChI=1S/C18H10Cl2N4O3/c19-11-3-5-13(6-4-11)24-17(26)14(16(25)23-18(24)27)9-22-15-7-12(20)2-1-10(15)8-21/h1-7,9,14H,(H,23,25,27)/t14-/m1/s1. The van der Waals surface area contributed by atoms with Crippen molar-refractivity contribution in [2.75, 3.05) is 4.90 Å². The second kappa shape index (κ2) is 7.58. The van der Waals surface area contributed by atoms with Gasteiger partial charge in [0.05, 0.1) is 16.9 Å². The van der Waals surface area contributed by atoms with Gasteiger partial charge in [-0.25, -0.2) is 9.69 Å². The molecule has 4 amide bonds. The summed E-state index contributed by atoms with van der Waals surface area (Å²) in [6, 6.07) is 11.5. The molecule has 1 N–H and O–H groups in total. The Morgan fingerprint density at radius 2 is 1.74 bits per heavy atom. The normalized spacial score (nSPS) is 17.1. The molecule has 1 heterocycles. The molecule has 2 aromatic rings. The largest absolute Gasteiger partial charge is 0.335 e. The van der Waals surface area contributed by atoms with E-state index in [0.717, 1.165) is 11.1 Å². The SMILES string of the molecule is N#Cc1ccc(Cl)cc1N=C[C@@H]1C(=O)NC(=O)N(c2ccc(Cl)cc2)C1=O. The van der Waals surface area contributed by atoms with Crippen molar-refractivity contribution >= 4 is 58.6 Å². The van der Waals surface area contributed by atoms with Gasteiger partial charge in [0.25, 0.3) is 5.91 Å². The number of urea groups is 1. The third kappa shape index (κ3) is 3.82. The van der Waals surface area contributed by atoms with Crippen LogP contribution in [0.15, 0.2) is 47.5 Å². The van der Waals surface area contributed by atoms with E-state index in [0.29, 0.717) is 10.0 Å². The van der Waals surface area contributed by atoms with Crippen molar-refractivity contribution in [3.05, 3.63) is 58.1 Å². The van der Waals surface area contributed by atoms with Gasteiger partial charge in [0.15, 0.2) is 5.92 Å². The minimum atomic E-state index is -1.34. The van der Waals surface area contributed by atoms with E-state index >= 15 is 0 Å². The van der Waals surface area contributed by atoms with Gasteiger partial charge in [-0.05, 0) is 42.5 Å². The number of hydrogen-bond donors (Lipinski definition) is 1. The molecule has 0 bridgehead atoms. The Kier molecular flexibility index (Phi) is 5.21. The highest BCUT2D eigenvalue weighted by Crippen LogP contribution is 2.25. The fourth-order valence-electron chi connectivity index (χ4n) is 2.42. The van der Waals surface area contributed by atoms with Crippen LogP contribution in [-0.4, -0.2) is 24.1 Å². The Morgan fingerprint density at radius 1 is 1.07 bits per heavy atom. The Balaban J connectivity index is 1.93. The lowest BCUT2D eigenvalue weighted by Gasteiger charge is -2.28. The number of nitriles is 1. The van der Waals surface area contributed by atoms with Gasteiger partial charge in [-0.2, -0.15) is 5.26 Å². The molecule has 1 aliphatic rings. The van der Waals surface area contributed by atoms with Crippen molar-refractivity contribution in [1.82, 2.24) is 5.32 Å². The Hall–Kier alpha value is -3.21. The highest BCUT2D eigenvalue weighted by molar-refractivity contribution is 6.33. The summed E-state index contributed by atoms with van der Waals surface area (Å²) >= 11 is 11.7. The van der Waals surface area contributed by atoms with E-state index in [-0.39, 0.29) is 16.9 Å². The van der Waals surface area contributed by atoms with Gasteiger partial charge < -0.3 is 0 Å². The number of nitrogens with one attached hydrogen (secondary N) is 1. The van der Waals surface area contributed by atoms with Gasteiger partial charge >= 0.3 is 6.03 Å². The number of nitrogens with zero attached hydrogens (tertiary/aromatic N) is 3. The van der Waals surface area contributed by atoms with Crippen LogP contribution in [0.3, 0.4) is 0 Å². The summed E-state index contributed by atoms with van der Waals surface area (Å²) in [4.78, 5) is 41.8. The molecule has 7 nitrogen and oxygen atoms in total. The zero-order valence-electron chi connectivity index (χ0n) is 13.5. The van der Waals surface area contributed by atoms with E-state index < -0.39 is 23.8 Å². The summed E-state index contributed by atoms with van der Waals surface area (Å²) in [6.07, 6.45) is 1.08. The predicted molar refractivity (Wildman–Crippen MR) is 100 cm³/mol. The van der Waals surface area contributed by atoms with Gasteiger partial charge in [-0.3, -0.25) is 19.9 Å². The van der Waals surface area contributed by atoms with Gasteiger partial charge in [-0.1, -0.05) is 23.2 Å². The number of carbonyl (C=O) groups is 3. The fraction of sp³-hybridized carbons (Fsp3) is 0.0556. The molecule has 0 radical (unpaired) electrons. The molecule has 9 heteroatoms.